The van der Waals surface area contributed by atoms with Gasteiger partial charge in [-0.3, -0.25) is 14.9 Å². The third-order valence-corrected chi connectivity index (χ3v) is 4.28. The number of carbonyl (C=O) groups excluding carboxylic acids is 3. The molecule has 8 heteroatoms. The van der Waals surface area contributed by atoms with Crippen LogP contribution in [0, 0.1) is 5.82 Å². The minimum atomic E-state index is -0.571. The summed E-state index contributed by atoms with van der Waals surface area (Å²) < 4.78 is 14.7. The van der Waals surface area contributed by atoms with Crippen LogP contribution in [-0.4, -0.2) is 22.4 Å². The first kappa shape index (κ1) is 17.5. The molecule has 1 fully saturated rings. The zero-order valence-electron chi connectivity index (χ0n) is 14.5. The van der Waals surface area contributed by atoms with Gasteiger partial charge >= 0.3 is 6.03 Å². The van der Waals surface area contributed by atoms with Crippen LogP contribution in [0.2, 0.25) is 0 Å². The molecule has 0 atom stereocenters. The molecule has 0 bridgehead atoms. The van der Waals surface area contributed by atoms with Gasteiger partial charge in [0.25, 0.3) is 5.91 Å². The van der Waals surface area contributed by atoms with Crippen molar-refractivity contribution in [1.82, 2.24) is 15.2 Å². The Morgan fingerprint density at radius 3 is 2.54 bits per heavy atom. The maximum Gasteiger partial charge on any atom is 0.326 e. The number of fused-ring (bicyclic) bond motifs is 1. The van der Waals surface area contributed by atoms with Crippen LogP contribution in [0.15, 0.2) is 60.4 Å². The molecule has 0 aliphatic carbocycles. The molecule has 2 aromatic carbocycles. The summed E-state index contributed by atoms with van der Waals surface area (Å²) in [5, 5.41) is 8.14. The molecule has 3 N–H and O–H groups in total. The number of halogens is 1. The standard InChI is InChI=1S/C20H15FN4O3/c21-13-5-7-14(8-6-13)22-18(26)11-25-10-12(15-3-1-2-4-17(15)25)9-16-19(27)24-20(28)23-16/h1-10H,11H2,(H,22,26)(H2,23,24,27,28)/b16-9+. The number of urea groups is 1. The highest BCUT2D eigenvalue weighted by molar-refractivity contribution is 6.14. The molecule has 4 amide bonds. The molecule has 0 unspecified atom stereocenters. The summed E-state index contributed by atoms with van der Waals surface area (Å²) in [6.07, 6.45) is 3.30. The predicted molar refractivity (Wildman–Crippen MR) is 102 cm³/mol. The monoisotopic (exact) mass is 378 g/mol. The van der Waals surface area contributed by atoms with E-state index in [9.17, 15) is 18.8 Å². The fourth-order valence-electron chi connectivity index (χ4n) is 3.05. The number of nitrogens with one attached hydrogen (secondary N) is 3. The van der Waals surface area contributed by atoms with E-state index in [1.807, 2.05) is 24.3 Å². The fraction of sp³-hybridized carbons (Fsp3) is 0.0500. The third-order valence-electron chi connectivity index (χ3n) is 4.28. The molecular formula is C20H15FN4O3. The molecule has 28 heavy (non-hydrogen) atoms. The normalized spacial score (nSPS) is 15.0. The van der Waals surface area contributed by atoms with Gasteiger partial charge in [-0.05, 0) is 36.4 Å². The minimum Gasteiger partial charge on any atom is -0.337 e. The number of hydrogen-bond donors (Lipinski definition) is 3. The molecular weight excluding hydrogens is 363 g/mol. The Kier molecular flexibility index (Phi) is 4.36. The first-order chi connectivity index (χ1) is 13.5. The van der Waals surface area contributed by atoms with E-state index in [0.29, 0.717) is 11.3 Å². The smallest absolute Gasteiger partial charge is 0.326 e. The van der Waals surface area contributed by atoms with Gasteiger partial charge < -0.3 is 15.2 Å². The molecule has 0 spiro atoms. The Morgan fingerprint density at radius 2 is 1.82 bits per heavy atom. The third kappa shape index (κ3) is 3.48. The Morgan fingerprint density at radius 1 is 1.07 bits per heavy atom. The van der Waals surface area contributed by atoms with Gasteiger partial charge in [-0.25, -0.2) is 9.18 Å². The zero-order chi connectivity index (χ0) is 19.7. The lowest BCUT2D eigenvalue weighted by Gasteiger charge is -2.07. The van der Waals surface area contributed by atoms with Gasteiger partial charge in [-0.1, -0.05) is 18.2 Å². The second-order valence-corrected chi connectivity index (χ2v) is 6.25. The molecule has 1 aliphatic heterocycles. The Hall–Kier alpha value is -3.94. The van der Waals surface area contributed by atoms with Gasteiger partial charge in [0.2, 0.25) is 5.91 Å². The molecule has 3 aromatic rings. The number of amides is 4. The minimum absolute atomic E-state index is 0.0274. The van der Waals surface area contributed by atoms with Crippen LogP contribution in [0.4, 0.5) is 14.9 Å². The van der Waals surface area contributed by atoms with Crippen LogP contribution >= 0.6 is 0 Å². The Labute approximate surface area is 158 Å². The van der Waals surface area contributed by atoms with Crippen LogP contribution < -0.4 is 16.0 Å². The Balaban J connectivity index is 1.62. The largest absolute Gasteiger partial charge is 0.337 e. The second-order valence-electron chi connectivity index (χ2n) is 6.25. The van der Waals surface area contributed by atoms with Gasteiger partial charge in [0.05, 0.1) is 0 Å². The maximum absolute atomic E-state index is 13.0. The lowest BCUT2D eigenvalue weighted by atomic mass is 10.1. The number of aromatic nitrogens is 1. The van der Waals surface area contributed by atoms with Crippen molar-refractivity contribution in [1.29, 1.82) is 0 Å². The van der Waals surface area contributed by atoms with E-state index < -0.39 is 11.9 Å². The molecule has 140 valence electrons. The number of benzene rings is 2. The van der Waals surface area contributed by atoms with Crippen LogP contribution in [0.3, 0.4) is 0 Å². The summed E-state index contributed by atoms with van der Waals surface area (Å²) in [6.45, 7) is 0.0274. The van der Waals surface area contributed by atoms with E-state index in [-0.39, 0.29) is 24.0 Å². The zero-order valence-corrected chi connectivity index (χ0v) is 14.5. The van der Waals surface area contributed by atoms with E-state index in [0.717, 1.165) is 10.9 Å². The van der Waals surface area contributed by atoms with Gasteiger partial charge in [0.15, 0.2) is 0 Å². The summed E-state index contributed by atoms with van der Waals surface area (Å²) in [5.74, 6) is -1.16. The summed E-state index contributed by atoms with van der Waals surface area (Å²) in [5.41, 5.74) is 2.13. The van der Waals surface area contributed by atoms with Crippen molar-refractivity contribution in [3.63, 3.8) is 0 Å². The van der Waals surface area contributed by atoms with Crippen molar-refractivity contribution in [3.05, 3.63) is 71.8 Å². The molecule has 1 aliphatic rings. The van der Waals surface area contributed by atoms with E-state index in [1.54, 1.807) is 16.8 Å². The number of rotatable bonds is 4. The maximum atomic E-state index is 13.0. The van der Waals surface area contributed by atoms with Crippen LogP contribution in [0.5, 0.6) is 0 Å². The lowest BCUT2D eigenvalue weighted by Crippen LogP contribution is -2.22. The van der Waals surface area contributed by atoms with Gasteiger partial charge in [0.1, 0.15) is 18.1 Å². The van der Waals surface area contributed by atoms with Crippen LogP contribution in [0.25, 0.3) is 17.0 Å². The van der Waals surface area contributed by atoms with Crippen molar-refractivity contribution >= 4 is 40.5 Å². The molecule has 1 saturated heterocycles. The van der Waals surface area contributed by atoms with Crippen molar-refractivity contribution < 1.29 is 18.8 Å². The molecule has 0 saturated carbocycles. The summed E-state index contributed by atoms with van der Waals surface area (Å²) in [6, 6.07) is 12.4. The van der Waals surface area contributed by atoms with E-state index in [2.05, 4.69) is 16.0 Å². The topological polar surface area (TPSA) is 92.2 Å². The SMILES string of the molecule is O=C(Cn1cc(/C=C2/NC(=O)NC2=O)c2ccccc21)Nc1ccc(F)cc1. The van der Waals surface area contributed by atoms with Crippen LogP contribution in [0.1, 0.15) is 5.56 Å². The van der Waals surface area contributed by atoms with Crippen molar-refractivity contribution in [2.75, 3.05) is 5.32 Å². The first-order valence-corrected chi connectivity index (χ1v) is 8.47. The average molecular weight is 378 g/mol. The quantitative estimate of drug-likeness (QED) is 0.481. The van der Waals surface area contributed by atoms with Gasteiger partial charge in [-0.15, -0.1) is 0 Å². The molecule has 1 aromatic heterocycles. The highest BCUT2D eigenvalue weighted by atomic mass is 19.1. The van der Waals surface area contributed by atoms with Crippen molar-refractivity contribution in [2.45, 2.75) is 6.54 Å². The van der Waals surface area contributed by atoms with Crippen molar-refractivity contribution in [3.8, 4) is 0 Å². The van der Waals surface area contributed by atoms with E-state index in [4.69, 9.17) is 0 Å². The van der Waals surface area contributed by atoms with E-state index in [1.165, 1.54) is 24.3 Å². The van der Waals surface area contributed by atoms with Crippen molar-refractivity contribution in [2.24, 2.45) is 0 Å². The van der Waals surface area contributed by atoms with Gasteiger partial charge in [-0.2, -0.15) is 0 Å². The summed E-state index contributed by atoms with van der Waals surface area (Å²) in [7, 11) is 0. The number of carbonyl (C=O) groups is 3. The van der Waals surface area contributed by atoms with Crippen LogP contribution in [-0.2, 0) is 16.1 Å². The summed E-state index contributed by atoms with van der Waals surface area (Å²) in [4.78, 5) is 35.5. The lowest BCUT2D eigenvalue weighted by molar-refractivity contribution is -0.117. The number of hydrogen-bond acceptors (Lipinski definition) is 3. The number of para-hydroxylation sites is 1. The molecule has 0 radical (unpaired) electrons. The highest BCUT2D eigenvalue weighted by Crippen LogP contribution is 2.24. The highest BCUT2D eigenvalue weighted by Gasteiger charge is 2.23. The molecule has 2 heterocycles. The van der Waals surface area contributed by atoms with E-state index >= 15 is 0 Å². The Bertz CT molecular complexity index is 1130. The van der Waals surface area contributed by atoms with Gasteiger partial charge in [0, 0.05) is 28.4 Å². The summed E-state index contributed by atoms with van der Waals surface area (Å²) >= 11 is 0. The molecule has 4 rings (SSSR count). The second kappa shape index (κ2) is 6.99. The number of nitrogens with zero attached hydrogens (tertiary/aromatic N) is 1. The first-order valence-electron chi connectivity index (χ1n) is 8.47. The number of anilines is 1. The number of imide groups is 1. The predicted octanol–water partition coefficient (Wildman–Crippen LogP) is 2.60. The fourth-order valence-corrected chi connectivity index (χ4v) is 3.05. The molecule has 7 nitrogen and oxygen atoms in total. The average Bonchev–Trinajstić information content (AvgIpc) is 3.17.